The molecule has 176 valence electrons. The van der Waals surface area contributed by atoms with Crippen LogP contribution in [0.25, 0.3) is 15.7 Å². The summed E-state index contributed by atoms with van der Waals surface area (Å²) in [6.07, 6.45) is 8.59. The Morgan fingerprint density at radius 3 is 2.65 bits per heavy atom. The molecule has 1 aliphatic carbocycles. The third-order valence-corrected chi connectivity index (χ3v) is 7.83. The summed E-state index contributed by atoms with van der Waals surface area (Å²) in [5, 5.41) is 1.48. The number of benzene rings is 2. The van der Waals surface area contributed by atoms with Gasteiger partial charge in [-0.15, -0.1) is 11.3 Å². The van der Waals surface area contributed by atoms with Crippen LogP contribution in [0, 0.1) is 0 Å². The number of thiophene rings is 1. The fraction of sp³-hybridized carbons (Fsp3) is 0.259. The summed E-state index contributed by atoms with van der Waals surface area (Å²) in [6, 6.07) is 16.1. The minimum absolute atomic E-state index is 0.000845. The van der Waals surface area contributed by atoms with E-state index in [0.29, 0.717) is 16.4 Å². The molecule has 1 aromatic heterocycles. The van der Waals surface area contributed by atoms with Crippen LogP contribution in [-0.4, -0.2) is 23.1 Å². The lowest BCUT2D eigenvalue weighted by molar-refractivity contribution is 0.0619. The molecule has 4 rings (SSSR count). The third-order valence-electron chi connectivity index (χ3n) is 6.17. The molecule has 2 aromatic carbocycles. The predicted octanol–water partition coefficient (Wildman–Crippen LogP) is 6.33. The van der Waals surface area contributed by atoms with Crippen LogP contribution in [0.15, 0.2) is 72.1 Å². The summed E-state index contributed by atoms with van der Waals surface area (Å²) < 4.78 is 1.03. The van der Waals surface area contributed by atoms with Crippen LogP contribution >= 0.6 is 22.9 Å². The largest absolute Gasteiger partial charge is 0.404 e. The second-order valence-electron chi connectivity index (χ2n) is 8.54. The maximum absolute atomic E-state index is 13.9. The molecule has 3 aromatic rings. The van der Waals surface area contributed by atoms with Gasteiger partial charge in [0.2, 0.25) is 0 Å². The van der Waals surface area contributed by atoms with E-state index in [-0.39, 0.29) is 17.8 Å². The lowest BCUT2D eigenvalue weighted by Crippen LogP contribution is -2.40. The standard InChI is InChI=1S/C27H29ClN4OS/c1-18(30)31-16-21(15-29)20-9-7-8-19(14-20)17-32(22-10-3-2-4-11-22)27(33)26-25(28)23-12-5-6-13-24(23)34-26/h5-9,12-16,22H,1-4,10-11,17,29-30H2/b21-15+,31-16-. The molecule has 0 radical (unpaired) electrons. The fourth-order valence-corrected chi connectivity index (χ4v) is 5.92. The van der Waals surface area contributed by atoms with E-state index < -0.39 is 0 Å². The van der Waals surface area contributed by atoms with Crippen LogP contribution in [0.1, 0.15) is 52.9 Å². The van der Waals surface area contributed by atoms with Crippen LogP contribution < -0.4 is 11.5 Å². The molecule has 1 aliphatic rings. The van der Waals surface area contributed by atoms with E-state index in [0.717, 1.165) is 52.5 Å². The maximum atomic E-state index is 13.9. The molecule has 7 heteroatoms. The summed E-state index contributed by atoms with van der Waals surface area (Å²) in [7, 11) is 0. The molecule has 0 aliphatic heterocycles. The molecule has 1 saturated carbocycles. The van der Waals surface area contributed by atoms with Crippen molar-refractivity contribution in [2.45, 2.75) is 44.7 Å². The van der Waals surface area contributed by atoms with E-state index in [1.807, 2.05) is 53.4 Å². The van der Waals surface area contributed by atoms with Gasteiger partial charge in [0.05, 0.1) is 5.02 Å². The average Bonchev–Trinajstić information content (AvgIpc) is 3.20. The number of nitrogens with zero attached hydrogens (tertiary/aromatic N) is 2. The summed E-state index contributed by atoms with van der Waals surface area (Å²) >= 11 is 8.16. The van der Waals surface area contributed by atoms with Crippen LogP contribution in [0.3, 0.4) is 0 Å². The van der Waals surface area contributed by atoms with Crippen LogP contribution in [0.4, 0.5) is 0 Å². The zero-order valence-electron chi connectivity index (χ0n) is 19.0. The number of halogens is 1. The molecule has 5 nitrogen and oxygen atoms in total. The van der Waals surface area contributed by atoms with Crippen LogP contribution in [0.5, 0.6) is 0 Å². The Bertz CT molecular complexity index is 1260. The van der Waals surface area contributed by atoms with Gasteiger partial charge in [0.25, 0.3) is 5.91 Å². The lowest BCUT2D eigenvalue weighted by Gasteiger charge is -2.34. The van der Waals surface area contributed by atoms with E-state index in [1.54, 1.807) is 6.21 Å². The van der Waals surface area contributed by atoms with Crippen molar-refractivity contribution in [3.05, 3.63) is 88.2 Å². The molecule has 1 fully saturated rings. The van der Waals surface area contributed by atoms with Gasteiger partial charge in [0, 0.05) is 40.7 Å². The first-order valence-electron chi connectivity index (χ1n) is 11.5. The number of nitrogens with two attached hydrogens (primary N) is 2. The Kier molecular flexibility index (Phi) is 7.70. The van der Waals surface area contributed by atoms with E-state index in [9.17, 15) is 4.79 Å². The number of allylic oxidation sites excluding steroid dienone is 1. The number of carbonyl (C=O) groups is 1. The summed E-state index contributed by atoms with van der Waals surface area (Å²) in [5.41, 5.74) is 14.1. The second kappa shape index (κ2) is 10.9. The van der Waals surface area contributed by atoms with Crippen molar-refractivity contribution in [2.24, 2.45) is 16.5 Å². The van der Waals surface area contributed by atoms with E-state index in [4.69, 9.17) is 23.1 Å². The van der Waals surface area contributed by atoms with Gasteiger partial charge in [0.15, 0.2) is 0 Å². The SMILES string of the molecule is C=C(N)/N=C\C(=C/N)c1cccc(CN(C(=O)c2sc3ccccc3c2Cl)C2CCCCC2)c1. The minimum atomic E-state index is -0.000845. The molecule has 1 amide bonds. The third kappa shape index (κ3) is 5.34. The number of hydrogen-bond donors (Lipinski definition) is 2. The Morgan fingerprint density at radius 2 is 1.94 bits per heavy atom. The number of aliphatic imine (C=N–C) groups is 1. The van der Waals surface area contributed by atoms with Crippen LogP contribution in [-0.2, 0) is 6.54 Å². The van der Waals surface area contributed by atoms with E-state index in [2.05, 4.69) is 11.6 Å². The van der Waals surface area contributed by atoms with Gasteiger partial charge in [-0.2, -0.15) is 0 Å². The van der Waals surface area contributed by atoms with Gasteiger partial charge in [0.1, 0.15) is 10.7 Å². The minimum Gasteiger partial charge on any atom is -0.404 e. The quantitative estimate of drug-likeness (QED) is 0.378. The number of hydrogen-bond acceptors (Lipinski definition) is 5. The van der Waals surface area contributed by atoms with Crippen molar-refractivity contribution >= 4 is 50.7 Å². The topological polar surface area (TPSA) is 84.7 Å². The van der Waals surface area contributed by atoms with Gasteiger partial charge >= 0.3 is 0 Å². The van der Waals surface area contributed by atoms with Crippen molar-refractivity contribution in [2.75, 3.05) is 0 Å². The molecular formula is C27H29ClN4OS. The first-order valence-corrected chi connectivity index (χ1v) is 12.6. The normalized spacial score (nSPS) is 15.1. The predicted molar refractivity (Wildman–Crippen MR) is 144 cm³/mol. The molecule has 0 atom stereocenters. The number of carbonyl (C=O) groups excluding carboxylic acids is 1. The first-order chi connectivity index (χ1) is 16.5. The molecule has 0 bridgehead atoms. The summed E-state index contributed by atoms with van der Waals surface area (Å²) in [6.45, 7) is 4.09. The fourth-order valence-electron chi connectivity index (χ4n) is 4.45. The molecule has 0 unspecified atom stereocenters. The van der Waals surface area contributed by atoms with Gasteiger partial charge < -0.3 is 16.4 Å². The number of fused-ring (bicyclic) bond motifs is 1. The van der Waals surface area contributed by atoms with Crippen molar-refractivity contribution in [1.29, 1.82) is 0 Å². The Labute approximate surface area is 209 Å². The van der Waals surface area contributed by atoms with Gasteiger partial charge in [-0.3, -0.25) is 4.79 Å². The molecule has 0 saturated heterocycles. The van der Waals surface area contributed by atoms with Crippen molar-refractivity contribution in [3.8, 4) is 0 Å². The highest BCUT2D eigenvalue weighted by molar-refractivity contribution is 7.21. The molecular weight excluding hydrogens is 464 g/mol. The summed E-state index contributed by atoms with van der Waals surface area (Å²) in [5.74, 6) is 0.212. The van der Waals surface area contributed by atoms with Gasteiger partial charge in [-0.05, 0) is 36.1 Å². The van der Waals surface area contributed by atoms with E-state index >= 15 is 0 Å². The Morgan fingerprint density at radius 1 is 1.18 bits per heavy atom. The average molecular weight is 493 g/mol. The zero-order chi connectivity index (χ0) is 24.1. The molecule has 34 heavy (non-hydrogen) atoms. The van der Waals surface area contributed by atoms with Crippen molar-refractivity contribution in [3.63, 3.8) is 0 Å². The Balaban J connectivity index is 1.66. The van der Waals surface area contributed by atoms with Gasteiger partial charge in [-0.25, -0.2) is 4.99 Å². The van der Waals surface area contributed by atoms with E-state index in [1.165, 1.54) is 24.0 Å². The smallest absolute Gasteiger partial charge is 0.266 e. The number of rotatable bonds is 7. The Hall–Kier alpha value is -3.09. The first kappa shape index (κ1) is 24.0. The highest BCUT2D eigenvalue weighted by Gasteiger charge is 2.29. The monoisotopic (exact) mass is 492 g/mol. The highest BCUT2D eigenvalue weighted by Crippen LogP contribution is 2.37. The lowest BCUT2D eigenvalue weighted by atomic mass is 9.93. The molecule has 1 heterocycles. The van der Waals surface area contributed by atoms with Gasteiger partial charge in [-0.1, -0.05) is 73.8 Å². The maximum Gasteiger partial charge on any atom is 0.266 e. The highest BCUT2D eigenvalue weighted by atomic mass is 35.5. The number of amides is 1. The summed E-state index contributed by atoms with van der Waals surface area (Å²) in [4.78, 5) is 20.6. The van der Waals surface area contributed by atoms with Crippen molar-refractivity contribution in [1.82, 2.24) is 4.90 Å². The molecule has 0 spiro atoms. The van der Waals surface area contributed by atoms with Crippen molar-refractivity contribution < 1.29 is 4.79 Å². The second-order valence-corrected chi connectivity index (χ2v) is 9.97. The van der Waals surface area contributed by atoms with Crippen LogP contribution in [0.2, 0.25) is 5.02 Å². The zero-order valence-corrected chi connectivity index (χ0v) is 20.6. The molecule has 4 N–H and O–H groups in total.